The summed E-state index contributed by atoms with van der Waals surface area (Å²) >= 11 is 0. The molecule has 4 N–H and O–H groups in total. The van der Waals surface area contributed by atoms with Gasteiger partial charge in [-0.15, -0.1) is 0 Å². The molecular weight excluding hydrogens is 394 g/mol. The second-order valence-electron chi connectivity index (χ2n) is 7.24. The second-order valence-corrected chi connectivity index (χ2v) is 7.24. The monoisotopic (exact) mass is 417 g/mol. The average molecular weight is 417 g/mol. The first kappa shape index (κ1) is 20.7. The Morgan fingerprint density at radius 3 is 2.58 bits per heavy atom. The summed E-state index contributed by atoms with van der Waals surface area (Å²) in [5, 5.41) is 19.8. The minimum Gasteiger partial charge on any atom is -0.488 e. The van der Waals surface area contributed by atoms with Crippen molar-refractivity contribution >= 4 is 16.9 Å². The molecule has 0 bridgehead atoms. The topological polar surface area (TPSA) is 106 Å². The highest BCUT2D eigenvalue weighted by Crippen LogP contribution is 2.32. The molecule has 0 spiro atoms. The number of carboxylic acids is 1. The summed E-state index contributed by atoms with van der Waals surface area (Å²) in [5.74, 6) is -0.00118. The van der Waals surface area contributed by atoms with E-state index in [9.17, 15) is 9.90 Å². The maximum atomic E-state index is 11.1. The van der Waals surface area contributed by atoms with E-state index < -0.39 is 5.97 Å². The molecule has 6 nitrogen and oxygen atoms in total. The van der Waals surface area contributed by atoms with E-state index in [1.807, 2.05) is 42.5 Å². The molecule has 6 heteroatoms. The molecule has 0 amide bonds. The Morgan fingerprint density at radius 2 is 1.81 bits per heavy atom. The lowest BCUT2D eigenvalue weighted by Crippen LogP contribution is -2.04. The van der Waals surface area contributed by atoms with Crippen LogP contribution in [0.1, 0.15) is 22.5 Å². The van der Waals surface area contributed by atoms with Gasteiger partial charge in [0.1, 0.15) is 30.3 Å². The molecule has 31 heavy (non-hydrogen) atoms. The van der Waals surface area contributed by atoms with Crippen molar-refractivity contribution in [3.8, 4) is 16.9 Å². The molecular formula is C25H23NO5. The van der Waals surface area contributed by atoms with Crippen LogP contribution in [0.25, 0.3) is 22.1 Å². The molecule has 0 fully saturated rings. The lowest BCUT2D eigenvalue weighted by Gasteiger charge is -2.11. The Kier molecular flexibility index (Phi) is 6.02. The van der Waals surface area contributed by atoms with E-state index in [2.05, 4.69) is 0 Å². The molecule has 4 aromatic rings. The molecule has 158 valence electrons. The number of hydrogen-bond donors (Lipinski definition) is 3. The fourth-order valence-electron chi connectivity index (χ4n) is 3.65. The van der Waals surface area contributed by atoms with E-state index in [1.165, 1.54) is 0 Å². The van der Waals surface area contributed by atoms with E-state index >= 15 is 0 Å². The zero-order valence-corrected chi connectivity index (χ0v) is 16.9. The van der Waals surface area contributed by atoms with E-state index in [0.717, 1.165) is 27.6 Å². The van der Waals surface area contributed by atoms with Crippen LogP contribution in [0.3, 0.4) is 0 Å². The van der Waals surface area contributed by atoms with Gasteiger partial charge in [0, 0.05) is 23.1 Å². The number of benzene rings is 3. The molecule has 1 heterocycles. The molecule has 0 aliphatic carbocycles. The summed E-state index contributed by atoms with van der Waals surface area (Å²) in [6, 6.07) is 20.9. The van der Waals surface area contributed by atoms with Crippen LogP contribution in [-0.4, -0.2) is 16.2 Å². The Morgan fingerprint density at radius 1 is 1.00 bits per heavy atom. The zero-order chi connectivity index (χ0) is 21.8. The Hall–Kier alpha value is -3.61. The number of aliphatic carboxylic acids is 1. The van der Waals surface area contributed by atoms with Crippen LogP contribution < -0.4 is 10.5 Å². The van der Waals surface area contributed by atoms with Crippen molar-refractivity contribution < 1.29 is 24.2 Å². The quantitative estimate of drug-likeness (QED) is 0.396. The van der Waals surface area contributed by atoms with Crippen molar-refractivity contribution in [2.24, 2.45) is 5.73 Å². The summed E-state index contributed by atoms with van der Waals surface area (Å²) in [4.78, 5) is 11.1. The predicted molar refractivity (Wildman–Crippen MR) is 118 cm³/mol. The van der Waals surface area contributed by atoms with Gasteiger partial charge in [0.25, 0.3) is 0 Å². The largest absolute Gasteiger partial charge is 0.488 e. The van der Waals surface area contributed by atoms with Gasteiger partial charge < -0.3 is 25.1 Å². The number of furan rings is 1. The number of rotatable bonds is 8. The van der Waals surface area contributed by atoms with E-state index in [1.54, 1.807) is 24.3 Å². The van der Waals surface area contributed by atoms with Crippen molar-refractivity contribution in [1.29, 1.82) is 0 Å². The van der Waals surface area contributed by atoms with Gasteiger partial charge in [-0.25, -0.2) is 0 Å². The molecule has 0 aliphatic heterocycles. The first-order valence-corrected chi connectivity index (χ1v) is 9.96. The second kappa shape index (κ2) is 9.04. The minimum absolute atomic E-state index is 0.128. The van der Waals surface area contributed by atoms with Gasteiger partial charge in [0.15, 0.2) is 0 Å². The number of fused-ring (bicyclic) bond motifs is 1. The van der Waals surface area contributed by atoms with Crippen molar-refractivity contribution in [2.75, 3.05) is 0 Å². The number of carboxylic acid groups (broad SMARTS) is 1. The van der Waals surface area contributed by atoms with E-state index in [4.69, 9.17) is 20.0 Å². The summed E-state index contributed by atoms with van der Waals surface area (Å²) in [6.07, 6.45) is -0.128. The van der Waals surface area contributed by atoms with Gasteiger partial charge in [-0.3, -0.25) is 4.79 Å². The van der Waals surface area contributed by atoms with Crippen molar-refractivity contribution in [3.63, 3.8) is 0 Å². The van der Waals surface area contributed by atoms with Crippen LogP contribution in [-0.2, 0) is 31.0 Å². The van der Waals surface area contributed by atoms with Crippen LogP contribution in [0.2, 0.25) is 0 Å². The van der Waals surface area contributed by atoms with E-state index in [-0.39, 0.29) is 19.6 Å². The van der Waals surface area contributed by atoms with Crippen LogP contribution in [0, 0.1) is 0 Å². The number of ether oxygens (including phenoxy) is 1. The molecule has 0 radical (unpaired) electrons. The summed E-state index contributed by atoms with van der Waals surface area (Å²) in [7, 11) is 0. The molecule has 4 rings (SSSR count). The molecule has 1 aromatic heterocycles. The van der Waals surface area contributed by atoms with Crippen LogP contribution >= 0.6 is 0 Å². The first-order chi connectivity index (χ1) is 15.1. The zero-order valence-electron chi connectivity index (χ0n) is 16.9. The number of aliphatic hydroxyl groups is 1. The average Bonchev–Trinajstić information content (AvgIpc) is 3.15. The maximum Gasteiger partial charge on any atom is 0.307 e. The summed E-state index contributed by atoms with van der Waals surface area (Å²) < 4.78 is 11.8. The summed E-state index contributed by atoms with van der Waals surface area (Å²) in [5.41, 5.74) is 10.8. The highest BCUT2D eigenvalue weighted by molar-refractivity contribution is 5.87. The molecule has 3 aromatic carbocycles. The van der Waals surface area contributed by atoms with Crippen molar-refractivity contribution in [1.82, 2.24) is 0 Å². The SMILES string of the molecule is NCc1cccc(-c2ccc3oc(CO)c(COc4ccccc4CC(=O)O)c3c2)c1. The smallest absolute Gasteiger partial charge is 0.307 e. The van der Waals surface area contributed by atoms with Gasteiger partial charge in [0.2, 0.25) is 0 Å². The number of carbonyl (C=O) groups is 1. The number of para-hydroxylation sites is 1. The third kappa shape index (κ3) is 4.45. The third-order valence-corrected chi connectivity index (χ3v) is 5.20. The lowest BCUT2D eigenvalue weighted by atomic mass is 10.0. The lowest BCUT2D eigenvalue weighted by molar-refractivity contribution is -0.136. The molecule has 0 saturated carbocycles. The fourth-order valence-corrected chi connectivity index (χ4v) is 3.65. The van der Waals surface area contributed by atoms with Crippen LogP contribution in [0.4, 0.5) is 0 Å². The maximum absolute atomic E-state index is 11.1. The van der Waals surface area contributed by atoms with Gasteiger partial charge in [-0.1, -0.05) is 42.5 Å². The molecule has 0 aliphatic rings. The minimum atomic E-state index is -0.926. The first-order valence-electron chi connectivity index (χ1n) is 9.96. The molecule has 0 atom stereocenters. The fraction of sp³-hybridized carbons (Fsp3) is 0.160. The Balaban J connectivity index is 1.69. The summed E-state index contributed by atoms with van der Waals surface area (Å²) in [6.45, 7) is 0.346. The highest BCUT2D eigenvalue weighted by Gasteiger charge is 2.16. The normalized spacial score (nSPS) is 11.0. The Bertz CT molecular complexity index is 1230. The number of nitrogens with two attached hydrogens (primary N) is 1. The standard InChI is InChI=1S/C25H23NO5/c26-13-16-4-3-6-17(10-16)18-8-9-23-20(11-18)21(24(14-27)31-23)15-30-22-7-2-1-5-19(22)12-25(28)29/h1-11,27H,12-15,26H2,(H,28,29). The molecule has 0 unspecified atom stereocenters. The van der Waals surface area contributed by atoms with Gasteiger partial charge >= 0.3 is 5.97 Å². The van der Waals surface area contributed by atoms with Gasteiger partial charge in [-0.05, 0) is 41.0 Å². The van der Waals surface area contributed by atoms with Crippen LogP contribution in [0.15, 0.2) is 71.1 Å². The Labute approximate surface area is 179 Å². The number of aliphatic hydroxyl groups excluding tert-OH is 1. The van der Waals surface area contributed by atoms with Crippen molar-refractivity contribution in [2.45, 2.75) is 26.2 Å². The third-order valence-electron chi connectivity index (χ3n) is 5.20. The highest BCUT2D eigenvalue weighted by atomic mass is 16.5. The van der Waals surface area contributed by atoms with Crippen molar-refractivity contribution in [3.05, 3.63) is 89.2 Å². The van der Waals surface area contributed by atoms with Gasteiger partial charge in [0.05, 0.1) is 6.42 Å². The predicted octanol–water partition coefficient (Wildman–Crippen LogP) is 4.26. The van der Waals surface area contributed by atoms with E-state index in [0.29, 0.717) is 29.2 Å². The van der Waals surface area contributed by atoms with Crippen LogP contribution in [0.5, 0.6) is 5.75 Å². The number of hydrogen-bond acceptors (Lipinski definition) is 5. The van der Waals surface area contributed by atoms with Gasteiger partial charge in [-0.2, -0.15) is 0 Å². The molecule has 0 saturated heterocycles.